The van der Waals surface area contributed by atoms with Crippen LogP contribution < -0.4 is 5.32 Å². The second-order valence-corrected chi connectivity index (χ2v) is 5.73. The van der Waals surface area contributed by atoms with Crippen molar-refractivity contribution in [3.63, 3.8) is 0 Å². The van der Waals surface area contributed by atoms with Gasteiger partial charge in [-0.15, -0.1) is 0 Å². The van der Waals surface area contributed by atoms with Gasteiger partial charge in [-0.1, -0.05) is 0 Å². The molecule has 0 spiro atoms. The van der Waals surface area contributed by atoms with Crippen LogP contribution in [-0.4, -0.2) is 20.7 Å². The van der Waals surface area contributed by atoms with Gasteiger partial charge in [-0.05, 0) is 55.4 Å². The van der Waals surface area contributed by atoms with Crippen molar-refractivity contribution in [2.75, 3.05) is 0 Å². The molecule has 6 heteroatoms. The Morgan fingerprint density at radius 3 is 2.57 bits per heavy atom. The van der Waals surface area contributed by atoms with Crippen LogP contribution in [0.5, 0.6) is 0 Å². The fourth-order valence-corrected chi connectivity index (χ4v) is 3.06. The molecule has 21 heavy (non-hydrogen) atoms. The SMILES string of the molecule is Cc1cc(/C=C2/SC(=O)NC2=O)c(C)n1-c1ccncc1. The third-order valence-corrected chi connectivity index (χ3v) is 4.13. The molecule has 3 rings (SSSR count). The summed E-state index contributed by atoms with van der Waals surface area (Å²) in [7, 11) is 0. The summed E-state index contributed by atoms with van der Waals surface area (Å²) in [4.78, 5) is 27.3. The largest absolute Gasteiger partial charge is 0.318 e. The number of carbonyl (C=O) groups excluding carboxylic acids is 2. The van der Waals surface area contributed by atoms with E-state index >= 15 is 0 Å². The molecule has 106 valence electrons. The van der Waals surface area contributed by atoms with Crippen molar-refractivity contribution in [3.8, 4) is 5.69 Å². The van der Waals surface area contributed by atoms with E-state index in [4.69, 9.17) is 0 Å². The summed E-state index contributed by atoms with van der Waals surface area (Å²) in [6.07, 6.45) is 5.24. The minimum atomic E-state index is -0.335. The molecule has 2 amide bonds. The van der Waals surface area contributed by atoms with Crippen molar-refractivity contribution in [2.45, 2.75) is 13.8 Å². The Morgan fingerprint density at radius 1 is 1.24 bits per heavy atom. The molecular weight excluding hydrogens is 286 g/mol. The Kier molecular flexibility index (Phi) is 3.39. The average Bonchev–Trinajstić information content (AvgIpc) is 2.91. The first-order valence-corrected chi connectivity index (χ1v) is 7.22. The zero-order valence-electron chi connectivity index (χ0n) is 11.6. The second-order valence-electron chi connectivity index (χ2n) is 4.72. The predicted molar refractivity (Wildman–Crippen MR) is 82.1 cm³/mol. The van der Waals surface area contributed by atoms with Crippen molar-refractivity contribution in [2.24, 2.45) is 0 Å². The summed E-state index contributed by atoms with van der Waals surface area (Å²) < 4.78 is 2.09. The molecule has 0 aliphatic carbocycles. The molecular formula is C15H13N3O2S. The van der Waals surface area contributed by atoms with Crippen LogP contribution in [0.25, 0.3) is 11.8 Å². The van der Waals surface area contributed by atoms with Crippen molar-refractivity contribution in [1.29, 1.82) is 0 Å². The summed E-state index contributed by atoms with van der Waals surface area (Å²) in [5.41, 5.74) is 4.01. The standard InChI is InChI=1S/C15H13N3O2S/c1-9-7-11(8-13-14(19)17-15(20)21-13)10(2)18(9)12-3-5-16-6-4-12/h3-8H,1-2H3,(H,17,19,20)/b13-8+. The molecule has 1 fully saturated rings. The van der Waals surface area contributed by atoms with Gasteiger partial charge in [0, 0.05) is 29.5 Å². The van der Waals surface area contributed by atoms with Gasteiger partial charge in [-0.3, -0.25) is 19.9 Å². The van der Waals surface area contributed by atoms with Crippen LogP contribution in [0.3, 0.4) is 0 Å². The molecule has 5 nitrogen and oxygen atoms in total. The van der Waals surface area contributed by atoms with Crippen LogP contribution in [0.1, 0.15) is 17.0 Å². The van der Waals surface area contributed by atoms with Gasteiger partial charge in [0.15, 0.2) is 0 Å². The lowest BCUT2D eigenvalue weighted by atomic mass is 10.2. The normalized spacial score (nSPS) is 16.6. The number of carbonyl (C=O) groups is 2. The highest BCUT2D eigenvalue weighted by Gasteiger charge is 2.25. The molecule has 1 aliphatic heterocycles. The van der Waals surface area contributed by atoms with Crippen molar-refractivity contribution < 1.29 is 9.59 Å². The molecule has 0 bridgehead atoms. The van der Waals surface area contributed by atoms with E-state index in [1.165, 1.54) is 0 Å². The van der Waals surface area contributed by atoms with Crippen molar-refractivity contribution in [1.82, 2.24) is 14.9 Å². The van der Waals surface area contributed by atoms with E-state index in [-0.39, 0.29) is 11.1 Å². The second kappa shape index (κ2) is 5.21. The van der Waals surface area contributed by atoms with Gasteiger partial charge in [-0.2, -0.15) is 0 Å². The number of rotatable bonds is 2. The first-order chi connectivity index (χ1) is 10.1. The molecule has 2 aromatic heterocycles. The maximum atomic E-state index is 11.6. The third kappa shape index (κ3) is 2.50. The molecule has 0 unspecified atom stereocenters. The van der Waals surface area contributed by atoms with E-state index in [1.54, 1.807) is 18.5 Å². The van der Waals surface area contributed by atoms with E-state index in [0.717, 1.165) is 34.4 Å². The highest BCUT2D eigenvalue weighted by molar-refractivity contribution is 8.18. The lowest BCUT2D eigenvalue weighted by Gasteiger charge is -2.08. The number of hydrogen-bond acceptors (Lipinski definition) is 4. The van der Waals surface area contributed by atoms with Gasteiger partial charge in [0.25, 0.3) is 11.1 Å². The van der Waals surface area contributed by atoms with Crippen molar-refractivity contribution in [3.05, 3.63) is 52.4 Å². The van der Waals surface area contributed by atoms with E-state index in [9.17, 15) is 9.59 Å². The summed E-state index contributed by atoms with van der Waals surface area (Å²) >= 11 is 0.930. The molecule has 0 aromatic carbocycles. The summed E-state index contributed by atoms with van der Waals surface area (Å²) in [6.45, 7) is 3.99. The fraction of sp³-hybridized carbons (Fsp3) is 0.133. The Hall–Kier alpha value is -2.34. The highest BCUT2D eigenvalue weighted by Crippen LogP contribution is 2.28. The summed E-state index contributed by atoms with van der Waals surface area (Å²) in [5.74, 6) is -0.335. The predicted octanol–water partition coefficient (Wildman–Crippen LogP) is 2.81. The van der Waals surface area contributed by atoms with Crippen molar-refractivity contribution >= 4 is 29.0 Å². The number of hydrogen-bond donors (Lipinski definition) is 1. The maximum absolute atomic E-state index is 11.6. The zero-order chi connectivity index (χ0) is 15.0. The average molecular weight is 299 g/mol. The number of nitrogens with one attached hydrogen (secondary N) is 1. The van der Waals surface area contributed by atoms with E-state index < -0.39 is 0 Å². The monoisotopic (exact) mass is 299 g/mol. The topological polar surface area (TPSA) is 64.0 Å². The van der Waals surface area contributed by atoms with E-state index in [2.05, 4.69) is 14.9 Å². The molecule has 3 heterocycles. The summed E-state index contributed by atoms with van der Waals surface area (Å²) in [5, 5.41) is 1.94. The molecule has 1 N–H and O–H groups in total. The number of aromatic nitrogens is 2. The minimum absolute atomic E-state index is 0.325. The third-order valence-electron chi connectivity index (χ3n) is 3.32. The zero-order valence-corrected chi connectivity index (χ0v) is 12.4. The Balaban J connectivity index is 2.05. The minimum Gasteiger partial charge on any atom is -0.318 e. The van der Waals surface area contributed by atoms with Crippen LogP contribution in [0.2, 0.25) is 0 Å². The molecule has 1 saturated heterocycles. The number of pyridine rings is 1. The molecule has 2 aromatic rings. The number of imide groups is 1. The molecule has 1 aliphatic rings. The highest BCUT2D eigenvalue weighted by atomic mass is 32.2. The van der Waals surface area contributed by atoms with Crippen LogP contribution in [0.4, 0.5) is 4.79 Å². The van der Waals surface area contributed by atoms with Gasteiger partial charge in [0.1, 0.15) is 0 Å². The molecule has 0 saturated carbocycles. The fourth-order valence-electron chi connectivity index (χ4n) is 2.39. The lowest BCUT2D eigenvalue weighted by Crippen LogP contribution is -2.17. The Labute approximate surface area is 126 Å². The van der Waals surface area contributed by atoms with Crippen LogP contribution in [-0.2, 0) is 4.79 Å². The van der Waals surface area contributed by atoms with Gasteiger partial charge >= 0.3 is 0 Å². The number of amides is 2. The van der Waals surface area contributed by atoms with Crippen LogP contribution in [0, 0.1) is 13.8 Å². The number of aryl methyl sites for hydroxylation is 1. The van der Waals surface area contributed by atoms with Gasteiger partial charge in [-0.25, -0.2) is 0 Å². The van der Waals surface area contributed by atoms with Gasteiger partial charge in [0.2, 0.25) is 0 Å². The first kappa shape index (κ1) is 13.6. The lowest BCUT2D eigenvalue weighted by molar-refractivity contribution is -0.115. The van der Waals surface area contributed by atoms with E-state index in [0.29, 0.717) is 4.91 Å². The first-order valence-electron chi connectivity index (χ1n) is 6.40. The van der Waals surface area contributed by atoms with E-state index in [1.807, 2.05) is 32.0 Å². The van der Waals surface area contributed by atoms with Gasteiger partial charge < -0.3 is 4.57 Å². The Morgan fingerprint density at radius 2 is 1.95 bits per heavy atom. The number of thioether (sulfide) groups is 1. The quantitative estimate of drug-likeness (QED) is 0.866. The molecule has 0 radical (unpaired) electrons. The van der Waals surface area contributed by atoms with Crippen LogP contribution in [0.15, 0.2) is 35.5 Å². The van der Waals surface area contributed by atoms with Gasteiger partial charge in [0.05, 0.1) is 4.91 Å². The Bertz CT molecular complexity index is 763. The number of nitrogens with zero attached hydrogens (tertiary/aromatic N) is 2. The smallest absolute Gasteiger partial charge is 0.290 e. The van der Waals surface area contributed by atoms with Crippen LogP contribution >= 0.6 is 11.8 Å². The summed E-state index contributed by atoms with van der Waals surface area (Å²) in [6, 6.07) is 5.86. The maximum Gasteiger partial charge on any atom is 0.290 e. The molecule has 0 atom stereocenters.